The number of benzene rings is 2. The normalized spacial score (nSPS) is 18.9. The van der Waals surface area contributed by atoms with Crippen LogP contribution in [0.5, 0.6) is 5.75 Å². The van der Waals surface area contributed by atoms with Gasteiger partial charge in [-0.3, -0.25) is 0 Å². The quantitative estimate of drug-likeness (QED) is 0.360. The lowest BCUT2D eigenvalue weighted by Crippen LogP contribution is -2.47. The molecule has 0 saturated carbocycles. The van der Waals surface area contributed by atoms with E-state index in [1.807, 2.05) is 48.6 Å². The fourth-order valence-electron chi connectivity index (χ4n) is 4.44. The molecule has 0 aliphatic heterocycles. The highest BCUT2D eigenvalue weighted by atomic mass is 35.5. The fraction of sp³-hybridized carbons (Fsp3) is 0.333. The Hall–Kier alpha value is -2.97. The van der Waals surface area contributed by atoms with Crippen molar-refractivity contribution in [3.8, 4) is 5.75 Å². The Balaban J connectivity index is 1.67. The van der Waals surface area contributed by atoms with E-state index in [-0.39, 0.29) is 25.7 Å². The Morgan fingerprint density at radius 3 is 2.57 bits per heavy atom. The number of hydrogen-bond donors (Lipinski definition) is 3. The fourth-order valence-corrected chi connectivity index (χ4v) is 4.70. The summed E-state index contributed by atoms with van der Waals surface area (Å²) in [6.07, 6.45) is 6.10. The van der Waals surface area contributed by atoms with Crippen LogP contribution in [0.25, 0.3) is 5.57 Å². The maximum atomic E-state index is 9.55. The van der Waals surface area contributed by atoms with Gasteiger partial charge in [0.25, 0.3) is 0 Å². The summed E-state index contributed by atoms with van der Waals surface area (Å²) in [7, 11) is 0. The molecule has 3 aromatic rings. The average Bonchev–Trinajstić information content (AvgIpc) is 3.34. The van der Waals surface area contributed by atoms with E-state index in [1.54, 1.807) is 0 Å². The molecule has 0 fully saturated rings. The molecule has 4 rings (SSSR count). The Kier molecular flexibility index (Phi) is 7.72. The van der Waals surface area contributed by atoms with Gasteiger partial charge in [-0.2, -0.15) is 0 Å². The first-order chi connectivity index (χ1) is 16.9. The molecule has 184 valence electrons. The molecule has 1 aliphatic carbocycles. The second-order valence-electron chi connectivity index (χ2n) is 9.01. The maximum absolute atomic E-state index is 9.55. The van der Waals surface area contributed by atoms with Gasteiger partial charge in [0.2, 0.25) is 11.8 Å². The van der Waals surface area contributed by atoms with Crippen LogP contribution in [-0.2, 0) is 18.6 Å². The van der Waals surface area contributed by atoms with Gasteiger partial charge < -0.3 is 24.7 Å². The minimum absolute atomic E-state index is 0.0768. The van der Waals surface area contributed by atoms with Gasteiger partial charge >= 0.3 is 0 Å². The van der Waals surface area contributed by atoms with Gasteiger partial charge in [0.1, 0.15) is 24.4 Å². The molecule has 1 atom stereocenters. The number of ether oxygens (including phenoxy) is 1. The second kappa shape index (κ2) is 10.7. The average molecular weight is 496 g/mol. The number of rotatable bonds is 10. The number of allylic oxidation sites excluding steroid dienone is 3. The maximum Gasteiger partial charge on any atom is 0.241 e. The summed E-state index contributed by atoms with van der Waals surface area (Å²) in [6, 6.07) is 15.8. The zero-order chi connectivity index (χ0) is 24.9. The molecule has 1 aromatic heterocycles. The lowest BCUT2D eigenvalue weighted by Gasteiger charge is -2.45. The number of hydrogen-bond acceptors (Lipinski definition) is 7. The van der Waals surface area contributed by atoms with E-state index in [4.69, 9.17) is 25.9 Å². The van der Waals surface area contributed by atoms with Crippen LogP contribution in [-0.4, -0.2) is 40.2 Å². The molecule has 0 spiro atoms. The monoisotopic (exact) mass is 495 g/mol. The molecule has 7 nitrogen and oxygen atoms in total. The van der Waals surface area contributed by atoms with Gasteiger partial charge in [0, 0.05) is 18.5 Å². The minimum Gasteiger partial charge on any atom is -0.491 e. The number of halogens is 1. The van der Waals surface area contributed by atoms with Crippen molar-refractivity contribution in [1.82, 2.24) is 15.5 Å². The van der Waals surface area contributed by atoms with Crippen molar-refractivity contribution in [2.45, 2.75) is 32.4 Å². The largest absolute Gasteiger partial charge is 0.491 e. The molecule has 1 unspecified atom stereocenters. The van der Waals surface area contributed by atoms with Crippen LogP contribution >= 0.6 is 11.6 Å². The lowest BCUT2D eigenvalue weighted by atomic mass is 9.58. The molecule has 0 bridgehead atoms. The van der Waals surface area contributed by atoms with E-state index < -0.39 is 10.8 Å². The first kappa shape index (κ1) is 25.1. The van der Waals surface area contributed by atoms with Crippen molar-refractivity contribution in [3.05, 3.63) is 94.7 Å². The molecule has 0 saturated heterocycles. The van der Waals surface area contributed by atoms with Gasteiger partial charge in [-0.1, -0.05) is 80.1 Å². The third-order valence-corrected chi connectivity index (χ3v) is 6.87. The lowest BCUT2D eigenvalue weighted by molar-refractivity contribution is 0.135. The van der Waals surface area contributed by atoms with Crippen LogP contribution in [0.4, 0.5) is 0 Å². The number of nitrogens with zero attached hydrogens (tertiary/aromatic N) is 2. The van der Waals surface area contributed by atoms with Gasteiger partial charge in [0.15, 0.2) is 0 Å². The van der Waals surface area contributed by atoms with Crippen molar-refractivity contribution in [2.75, 3.05) is 19.8 Å². The van der Waals surface area contributed by atoms with Crippen LogP contribution in [0.1, 0.15) is 36.8 Å². The Morgan fingerprint density at radius 2 is 1.89 bits per heavy atom. The molecule has 0 radical (unpaired) electrons. The summed E-state index contributed by atoms with van der Waals surface area (Å²) in [4.78, 5) is 0. The van der Waals surface area contributed by atoms with Crippen molar-refractivity contribution >= 4 is 17.2 Å². The van der Waals surface area contributed by atoms with E-state index in [2.05, 4.69) is 47.6 Å². The van der Waals surface area contributed by atoms with Crippen LogP contribution in [0.2, 0.25) is 5.02 Å². The third-order valence-electron chi connectivity index (χ3n) is 6.57. The summed E-state index contributed by atoms with van der Waals surface area (Å²) in [5, 5.41) is 30.4. The van der Waals surface area contributed by atoms with Gasteiger partial charge in [-0.25, -0.2) is 0 Å². The number of aromatic nitrogens is 2. The van der Waals surface area contributed by atoms with Crippen LogP contribution in [0.3, 0.4) is 0 Å². The zero-order valence-electron chi connectivity index (χ0n) is 19.9. The highest BCUT2D eigenvalue weighted by Gasteiger charge is 2.53. The van der Waals surface area contributed by atoms with Crippen molar-refractivity contribution < 1.29 is 19.4 Å². The minimum atomic E-state index is -0.821. The SMILES string of the molecule is CC1(C)C(c2ccccc2)=CC=CC1(COc1ccc(CNCCO)cc1Cl)c1nnc(CO)o1. The molecule has 0 amide bonds. The van der Waals surface area contributed by atoms with Crippen LogP contribution in [0, 0.1) is 5.41 Å². The number of nitrogens with one attached hydrogen (secondary N) is 1. The van der Waals surface area contributed by atoms with Crippen molar-refractivity contribution in [1.29, 1.82) is 0 Å². The molecular weight excluding hydrogens is 466 g/mol. The predicted molar refractivity (Wildman–Crippen MR) is 135 cm³/mol. The Morgan fingerprint density at radius 1 is 1.09 bits per heavy atom. The number of aliphatic hydroxyl groups excluding tert-OH is 2. The molecule has 2 aromatic carbocycles. The summed E-state index contributed by atoms with van der Waals surface area (Å²) >= 11 is 6.56. The second-order valence-corrected chi connectivity index (χ2v) is 9.42. The molecule has 3 N–H and O–H groups in total. The highest BCUT2D eigenvalue weighted by molar-refractivity contribution is 6.32. The van der Waals surface area contributed by atoms with E-state index in [1.165, 1.54) is 0 Å². The van der Waals surface area contributed by atoms with E-state index in [0.29, 0.717) is 29.8 Å². The smallest absolute Gasteiger partial charge is 0.241 e. The highest BCUT2D eigenvalue weighted by Crippen LogP contribution is 2.53. The first-order valence-corrected chi connectivity index (χ1v) is 11.9. The van der Waals surface area contributed by atoms with E-state index in [9.17, 15) is 5.11 Å². The molecule has 1 heterocycles. The molecule has 1 aliphatic rings. The van der Waals surface area contributed by atoms with Crippen molar-refractivity contribution in [2.24, 2.45) is 5.41 Å². The van der Waals surface area contributed by atoms with Gasteiger partial charge in [0.05, 0.1) is 11.6 Å². The Bertz CT molecular complexity index is 1210. The van der Waals surface area contributed by atoms with E-state index >= 15 is 0 Å². The first-order valence-electron chi connectivity index (χ1n) is 11.5. The standard InChI is InChI=1S/C27H30ClN3O4/c1-26(2)21(20-7-4-3-5-8-20)9-6-12-27(26,25-31-30-24(17-33)35-25)18-34-23-11-10-19(15-22(23)28)16-29-13-14-32/h3-12,15,29,32-33H,13-14,16-18H2,1-2H3. The van der Waals surface area contributed by atoms with Crippen LogP contribution < -0.4 is 10.1 Å². The summed E-state index contributed by atoms with van der Waals surface area (Å²) < 4.78 is 12.2. The van der Waals surface area contributed by atoms with Crippen molar-refractivity contribution in [3.63, 3.8) is 0 Å². The zero-order valence-corrected chi connectivity index (χ0v) is 20.6. The molecule has 35 heavy (non-hydrogen) atoms. The number of aliphatic hydroxyl groups is 2. The van der Waals surface area contributed by atoms with Crippen LogP contribution in [0.15, 0.2) is 71.2 Å². The Labute approximate surface area is 210 Å². The molecular formula is C27H30ClN3O4. The summed E-state index contributed by atoms with van der Waals surface area (Å²) in [6.45, 7) is 5.28. The third kappa shape index (κ3) is 5.04. The summed E-state index contributed by atoms with van der Waals surface area (Å²) in [5.41, 5.74) is 1.85. The summed E-state index contributed by atoms with van der Waals surface area (Å²) in [5.74, 6) is 1.06. The van der Waals surface area contributed by atoms with Gasteiger partial charge in [-0.15, -0.1) is 10.2 Å². The van der Waals surface area contributed by atoms with Gasteiger partial charge in [-0.05, 0) is 28.8 Å². The topological polar surface area (TPSA) is 101 Å². The molecule has 8 heteroatoms. The predicted octanol–water partition coefficient (Wildman–Crippen LogP) is 4.29. The van der Waals surface area contributed by atoms with E-state index in [0.717, 1.165) is 16.7 Å².